The Kier molecular flexibility index (Phi) is 3.61. The van der Waals surface area contributed by atoms with Gasteiger partial charge in [-0.2, -0.15) is 0 Å². The molecule has 0 aromatic heterocycles. The molecule has 2 heterocycles. The molecule has 0 bridgehead atoms. The summed E-state index contributed by atoms with van der Waals surface area (Å²) in [7, 11) is 0. The molecule has 3 atom stereocenters. The normalized spacial score (nSPS) is 36.0. The monoisotopic (exact) mass is 255 g/mol. The van der Waals surface area contributed by atoms with Crippen LogP contribution in [0, 0.1) is 5.41 Å². The smallest absolute Gasteiger partial charge is 0.332 e. The molecule has 5 nitrogen and oxygen atoms in total. The summed E-state index contributed by atoms with van der Waals surface area (Å²) in [5.41, 5.74) is 0.209. The number of amides is 1. The third-order valence-corrected chi connectivity index (χ3v) is 4.29. The van der Waals surface area contributed by atoms with Gasteiger partial charge in [-0.25, -0.2) is 4.79 Å². The molecular formula is C13H21NO4. The summed E-state index contributed by atoms with van der Waals surface area (Å²) in [5, 5.41) is 8.85. The Bertz CT molecular complexity index is 357. The number of hydrogen-bond acceptors (Lipinski definition) is 3. The fourth-order valence-corrected chi connectivity index (χ4v) is 2.70. The molecule has 1 amide bonds. The lowest BCUT2D eigenvalue weighted by atomic mass is 9.87. The van der Waals surface area contributed by atoms with Crippen molar-refractivity contribution in [1.82, 2.24) is 4.90 Å². The van der Waals surface area contributed by atoms with E-state index in [4.69, 9.17) is 9.84 Å². The predicted molar refractivity (Wildman–Crippen MR) is 65.1 cm³/mol. The maximum atomic E-state index is 12.2. The lowest BCUT2D eigenvalue weighted by molar-refractivity contribution is -0.154. The number of carboxylic acid groups (broad SMARTS) is 1. The van der Waals surface area contributed by atoms with Gasteiger partial charge >= 0.3 is 5.97 Å². The number of likely N-dealkylation sites (tertiary alicyclic amines) is 1. The van der Waals surface area contributed by atoms with Gasteiger partial charge in [0.1, 0.15) is 6.10 Å². The lowest BCUT2D eigenvalue weighted by Crippen LogP contribution is -2.39. The van der Waals surface area contributed by atoms with Crippen molar-refractivity contribution in [2.75, 3.05) is 13.1 Å². The van der Waals surface area contributed by atoms with Crippen LogP contribution in [0.1, 0.15) is 39.5 Å². The van der Waals surface area contributed by atoms with E-state index < -0.39 is 18.2 Å². The molecule has 2 saturated heterocycles. The van der Waals surface area contributed by atoms with Gasteiger partial charge in [0.05, 0.1) is 0 Å². The van der Waals surface area contributed by atoms with Gasteiger partial charge in [0.2, 0.25) is 0 Å². The van der Waals surface area contributed by atoms with Crippen LogP contribution in [0.25, 0.3) is 0 Å². The van der Waals surface area contributed by atoms with E-state index >= 15 is 0 Å². The van der Waals surface area contributed by atoms with Crippen molar-refractivity contribution in [3.05, 3.63) is 0 Å². The maximum Gasteiger partial charge on any atom is 0.332 e. The van der Waals surface area contributed by atoms with Crippen molar-refractivity contribution < 1.29 is 19.4 Å². The van der Waals surface area contributed by atoms with Gasteiger partial charge in [0.15, 0.2) is 6.10 Å². The number of nitrogens with zero attached hydrogens (tertiary/aromatic N) is 1. The van der Waals surface area contributed by atoms with E-state index in [1.807, 2.05) is 4.90 Å². The average molecular weight is 255 g/mol. The van der Waals surface area contributed by atoms with Crippen LogP contribution >= 0.6 is 0 Å². The fraction of sp³-hybridized carbons (Fsp3) is 0.846. The number of rotatable bonds is 3. The summed E-state index contributed by atoms with van der Waals surface area (Å²) in [6.45, 7) is 5.86. The van der Waals surface area contributed by atoms with E-state index in [1.165, 1.54) is 0 Å². The Morgan fingerprint density at radius 2 is 2.06 bits per heavy atom. The van der Waals surface area contributed by atoms with Crippen LogP contribution in [0.4, 0.5) is 0 Å². The highest BCUT2D eigenvalue weighted by molar-refractivity contribution is 5.83. The van der Waals surface area contributed by atoms with Gasteiger partial charge in [0.25, 0.3) is 5.91 Å². The predicted octanol–water partition coefficient (Wildman–Crippen LogP) is 1.27. The third kappa shape index (κ3) is 2.51. The Morgan fingerprint density at radius 3 is 2.56 bits per heavy atom. The van der Waals surface area contributed by atoms with Crippen LogP contribution in [0.5, 0.6) is 0 Å². The molecule has 2 rings (SSSR count). The van der Waals surface area contributed by atoms with E-state index in [-0.39, 0.29) is 11.3 Å². The SMILES string of the molecule is CCC1(C)CCN(C(=O)[C@@H]2CC[C@H](C(=O)O)O2)C1. The molecule has 2 aliphatic rings. The lowest BCUT2D eigenvalue weighted by Gasteiger charge is -2.24. The highest BCUT2D eigenvalue weighted by Gasteiger charge is 2.41. The number of carbonyl (C=O) groups is 2. The Morgan fingerprint density at radius 1 is 1.39 bits per heavy atom. The summed E-state index contributed by atoms with van der Waals surface area (Å²) >= 11 is 0. The molecule has 1 unspecified atom stereocenters. The fourth-order valence-electron chi connectivity index (χ4n) is 2.70. The summed E-state index contributed by atoms with van der Waals surface area (Å²) < 4.78 is 5.31. The molecule has 102 valence electrons. The largest absolute Gasteiger partial charge is 0.479 e. The Balaban J connectivity index is 1.92. The van der Waals surface area contributed by atoms with Crippen molar-refractivity contribution in [3.63, 3.8) is 0 Å². The van der Waals surface area contributed by atoms with Crippen molar-refractivity contribution in [1.29, 1.82) is 0 Å². The first-order valence-corrected chi connectivity index (χ1v) is 6.62. The number of ether oxygens (including phenoxy) is 1. The standard InChI is InChI=1S/C13H21NO4/c1-3-13(2)6-7-14(8-13)11(15)9-4-5-10(18-9)12(16)17/h9-10H,3-8H2,1-2H3,(H,16,17)/t9-,10+,13?/m0/s1. The Hall–Kier alpha value is -1.10. The molecule has 2 fully saturated rings. The molecule has 2 aliphatic heterocycles. The molecule has 0 aliphatic carbocycles. The molecule has 0 saturated carbocycles. The second-order valence-corrected chi connectivity index (χ2v) is 5.70. The summed E-state index contributed by atoms with van der Waals surface area (Å²) in [4.78, 5) is 24.8. The zero-order chi connectivity index (χ0) is 13.3. The van der Waals surface area contributed by atoms with Crippen molar-refractivity contribution >= 4 is 11.9 Å². The first kappa shape index (κ1) is 13.3. The quantitative estimate of drug-likeness (QED) is 0.824. The maximum absolute atomic E-state index is 12.2. The average Bonchev–Trinajstić information content (AvgIpc) is 2.95. The second-order valence-electron chi connectivity index (χ2n) is 5.70. The van der Waals surface area contributed by atoms with Gasteiger partial charge < -0.3 is 14.7 Å². The van der Waals surface area contributed by atoms with Crippen LogP contribution in [-0.4, -0.2) is 47.2 Å². The first-order valence-electron chi connectivity index (χ1n) is 6.62. The van der Waals surface area contributed by atoms with E-state index in [2.05, 4.69) is 13.8 Å². The van der Waals surface area contributed by atoms with Gasteiger partial charge in [-0.3, -0.25) is 4.79 Å². The first-order chi connectivity index (χ1) is 8.45. The van der Waals surface area contributed by atoms with Crippen molar-refractivity contribution in [2.45, 2.75) is 51.7 Å². The zero-order valence-electron chi connectivity index (χ0n) is 11.0. The molecule has 1 N–H and O–H groups in total. The molecule has 0 spiro atoms. The van der Waals surface area contributed by atoms with Gasteiger partial charge in [-0.05, 0) is 31.1 Å². The van der Waals surface area contributed by atoms with E-state index in [0.29, 0.717) is 12.8 Å². The third-order valence-electron chi connectivity index (χ3n) is 4.29. The van der Waals surface area contributed by atoms with Crippen molar-refractivity contribution in [3.8, 4) is 0 Å². The Labute approximate surface area is 107 Å². The summed E-state index contributed by atoms with van der Waals surface area (Å²) in [5.74, 6) is -0.999. The minimum atomic E-state index is -0.967. The van der Waals surface area contributed by atoms with Gasteiger partial charge in [-0.1, -0.05) is 13.8 Å². The molecule has 18 heavy (non-hydrogen) atoms. The van der Waals surface area contributed by atoms with E-state index in [0.717, 1.165) is 25.9 Å². The highest BCUT2D eigenvalue weighted by Crippen LogP contribution is 2.34. The van der Waals surface area contributed by atoms with E-state index in [9.17, 15) is 9.59 Å². The summed E-state index contributed by atoms with van der Waals surface area (Å²) in [6, 6.07) is 0. The molecule has 5 heteroatoms. The van der Waals surface area contributed by atoms with Crippen LogP contribution in [0.15, 0.2) is 0 Å². The summed E-state index contributed by atoms with van der Waals surface area (Å²) in [6.07, 6.45) is 1.67. The molecule has 0 aromatic rings. The topological polar surface area (TPSA) is 66.8 Å². The van der Waals surface area contributed by atoms with Gasteiger partial charge in [0, 0.05) is 13.1 Å². The second kappa shape index (κ2) is 4.88. The minimum Gasteiger partial charge on any atom is -0.479 e. The van der Waals surface area contributed by atoms with Gasteiger partial charge in [-0.15, -0.1) is 0 Å². The zero-order valence-corrected chi connectivity index (χ0v) is 11.0. The highest BCUT2D eigenvalue weighted by atomic mass is 16.5. The number of carboxylic acids is 1. The van der Waals surface area contributed by atoms with Crippen LogP contribution in [-0.2, 0) is 14.3 Å². The van der Waals surface area contributed by atoms with Crippen molar-refractivity contribution in [2.24, 2.45) is 5.41 Å². The number of aliphatic carboxylic acids is 1. The van der Waals surface area contributed by atoms with Crippen LogP contribution < -0.4 is 0 Å². The molecule has 0 aromatic carbocycles. The molecule has 0 radical (unpaired) electrons. The minimum absolute atomic E-state index is 0.0316. The number of hydrogen-bond donors (Lipinski definition) is 1. The molecular weight excluding hydrogens is 234 g/mol. The van der Waals surface area contributed by atoms with E-state index in [1.54, 1.807) is 0 Å². The number of carbonyl (C=O) groups excluding carboxylic acids is 1. The van der Waals surface area contributed by atoms with Crippen LogP contribution in [0.3, 0.4) is 0 Å². The van der Waals surface area contributed by atoms with Crippen LogP contribution in [0.2, 0.25) is 0 Å².